The Hall–Kier alpha value is -3.29. The molecule has 172 valence electrons. The van der Waals surface area contributed by atoms with Crippen LogP contribution >= 0.6 is 0 Å². The number of likely N-dealkylation sites (tertiary alicyclic amines) is 1. The topological polar surface area (TPSA) is 101 Å². The van der Waals surface area contributed by atoms with Crippen LogP contribution in [0.2, 0.25) is 0 Å². The van der Waals surface area contributed by atoms with Gasteiger partial charge in [0.15, 0.2) is 0 Å². The number of esters is 1. The Balaban J connectivity index is 1.48. The summed E-state index contributed by atoms with van der Waals surface area (Å²) in [6, 6.07) is 11.5. The number of hydrogen-bond donors (Lipinski definition) is 2. The van der Waals surface area contributed by atoms with Crippen LogP contribution in [-0.4, -0.2) is 53.1 Å². The summed E-state index contributed by atoms with van der Waals surface area (Å²) in [5.74, 6) is -0.372. The van der Waals surface area contributed by atoms with Crippen molar-refractivity contribution in [2.45, 2.75) is 51.7 Å². The van der Waals surface area contributed by atoms with Gasteiger partial charge in [-0.25, -0.2) is 9.59 Å². The van der Waals surface area contributed by atoms with E-state index < -0.39 is 11.7 Å². The third-order valence-corrected chi connectivity index (χ3v) is 5.27. The number of rotatable bonds is 6. The molecule has 0 unspecified atom stereocenters. The highest BCUT2D eigenvalue weighted by Gasteiger charge is 2.28. The number of ether oxygens (including phenoxy) is 2. The number of nitrogens with zero attached hydrogens (tertiary/aromatic N) is 1. The van der Waals surface area contributed by atoms with Crippen LogP contribution in [0.1, 0.15) is 61.1 Å². The van der Waals surface area contributed by atoms with Gasteiger partial charge < -0.3 is 24.7 Å². The van der Waals surface area contributed by atoms with Crippen molar-refractivity contribution >= 4 is 18.0 Å². The van der Waals surface area contributed by atoms with E-state index in [-0.39, 0.29) is 30.9 Å². The Morgan fingerprint density at radius 3 is 2.44 bits per heavy atom. The van der Waals surface area contributed by atoms with Gasteiger partial charge in [-0.2, -0.15) is 0 Å². The number of alkyl carbamates (subject to hydrolysis) is 1. The first-order valence-electron chi connectivity index (χ1n) is 10.9. The fourth-order valence-corrected chi connectivity index (χ4v) is 3.71. The summed E-state index contributed by atoms with van der Waals surface area (Å²) in [6.45, 7) is 6.55. The molecule has 1 aromatic carbocycles. The monoisotopic (exact) mass is 441 g/mol. The summed E-state index contributed by atoms with van der Waals surface area (Å²) in [6.07, 6.45) is 2.60. The fraction of sp³-hybridized carbons (Fsp3) is 0.458. The van der Waals surface area contributed by atoms with Crippen molar-refractivity contribution in [2.24, 2.45) is 0 Å². The molecule has 0 atom stereocenters. The SMILES string of the molecule is CC(C)(C)OC(=O)NCC(=O)N1CCC(c2cc[nH]c2C(=O)OCc2ccccc2)CC1. The van der Waals surface area contributed by atoms with Crippen LogP contribution in [0.4, 0.5) is 4.79 Å². The molecule has 0 radical (unpaired) electrons. The Morgan fingerprint density at radius 2 is 1.78 bits per heavy atom. The van der Waals surface area contributed by atoms with Crippen LogP contribution in [0, 0.1) is 0 Å². The van der Waals surface area contributed by atoms with Crippen molar-refractivity contribution in [1.82, 2.24) is 15.2 Å². The average Bonchev–Trinajstić information content (AvgIpc) is 3.25. The minimum atomic E-state index is -0.609. The van der Waals surface area contributed by atoms with E-state index in [9.17, 15) is 14.4 Å². The maximum absolute atomic E-state index is 12.6. The molecule has 0 aliphatic carbocycles. The summed E-state index contributed by atoms with van der Waals surface area (Å²) in [5, 5.41) is 2.51. The van der Waals surface area contributed by atoms with Gasteiger partial charge in [-0.3, -0.25) is 4.79 Å². The zero-order valence-electron chi connectivity index (χ0n) is 18.8. The molecule has 1 aromatic heterocycles. The zero-order chi connectivity index (χ0) is 23.1. The van der Waals surface area contributed by atoms with Gasteiger partial charge in [0.2, 0.25) is 5.91 Å². The summed E-state index contributed by atoms with van der Waals surface area (Å²) in [4.78, 5) is 41.5. The largest absolute Gasteiger partial charge is 0.456 e. The van der Waals surface area contributed by atoms with Crippen LogP contribution in [0.3, 0.4) is 0 Å². The molecule has 2 heterocycles. The van der Waals surface area contributed by atoms with Gasteiger partial charge in [-0.05, 0) is 56.7 Å². The summed E-state index contributed by atoms with van der Waals surface area (Å²) >= 11 is 0. The predicted molar refractivity (Wildman–Crippen MR) is 119 cm³/mol. The van der Waals surface area contributed by atoms with Gasteiger partial charge in [0, 0.05) is 19.3 Å². The molecule has 1 saturated heterocycles. The highest BCUT2D eigenvalue weighted by atomic mass is 16.6. The highest BCUT2D eigenvalue weighted by molar-refractivity contribution is 5.89. The molecular weight excluding hydrogens is 410 g/mol. The lowest BCUT2D eigenvalue weighted by Crippen LogP contribution is -2.44. The number of H-pyrrole nitrogens is 1. The van der Waals surface area contributed by atoms with Crippen LogP contribution < -0.4 is 5.32 Å². The molecule has 2 N–H and O–H groups in total. The molecule has 1 fully saturated rings. The smallest absolute Gasteiger partial charge is 0.408 e. The number of hydrogen-bond acceptors (Lipinski definition) is 5. The summed E-state index contributed by atoms with van der Waals surface area (Å²) in [7, 11) is 0. The lowest BCUT2D eigenvalue weighted by molar-refractivity contribution is -0.131. The van der Waals surface area contributed by atoms with E-state index in [0.717, 1.165) is 24.0 Å². The minimum absolute atomic E-state index is 0.0964. The van der Waals surface area contributed by atoms with E-state index in [1.54, 1.807) is 31.9 Å². The zero-order valence-corrected chi connectivity index (χ0v) is 18.8. The summed E-state index contributed by atoms with van der Waals surface area (Å²) in [5.41, 5.74) is 1.71. The second kappa shape index (κ2) is 10.3. The number of nitrogens with one attached hydrogen (secondary N) is 2. The van der Waals surface area contributed by atoms with E-state index in [4.69, 9.17) is 9.47 Å². The van der Waals surface area contributed by atoms with Crippen molar-refractivity contribution < 1.29 is 23.9 Å². The molecule has 2 amide bonds. The van der Waals surface area contributed by atoms with Crippen molar-refractivity contribution in [3.8, 4) is 0 Å². The number of carbonyl (C=O) groups excluding carboxylic acids is 3. The number of aromatic nitrogens is 1. The first-order chi connectivity index (χ1) is 15.2. The number of carbonyl (C=O) groups is 3. The highest BCUT2D eigenvalue weighted by Crippen LogP contribution is 2.30. The van der Waals surface area contributed by atoms with E-state index in [2.05, 4.69) is 10.3 Å². The van der Waals surface area contributed by atoms with Gasteiger partial charge in [-0.15, -0.1) is 0 Å². The van der Waals surface area contributed by atoms with Crippen molar-refractivity contribution in [1.29, 1.82) is 0 Å². The number of aromatic amines is 1. The van der Waals surface area contributed by atoms with Crippen LogP contribution in [0.25, 0.3) is 0 Å². The van der Waals surface area contributed by atoms with Crippen molar-refractivity contribution in [3.63, 3.8) is 0 Å². The molecule has 0 spiro atoms. The molecule has 8 nitrogen and oxygen atoms in total. The second-order valence-corrected chi connectivity index (χ2v) is 8.88. The van der Waals surface area contributed by atoms with Crippen LogP contribution in [0.5, 0.6) is 0 Å². The Kier molecular flexibility index (Phi) is 7.56. The quantitative estimate of drug-likeness (QED) is 0.667. The predicted octanol–water partition coefficient (Wildman–Crippen LogP) is 3.60. The first-order valence-corrected chi connectivity index (χ1v) is 10.9. The molecule has 8 heteroatoms. The number of benzene rings is 1. The van der Waals surface area contributed by atoms with E-state index >= 15 is 0 Å². The molecule has 1 aliphatic rings. The van der Waals surface area contributed by atoms with Gasteiger partial charge in [-0.1, -0.05) is 30.3 Å². The fourth-order valence-electron chi connectivity index (χ4n) is 3.71. The van der Waals surface area contributed by atoms with Gasteiger partial charge >= 0.3 is 12.1 Å². The molecule has 2 aromatic rings. The molecule has 0 saturated carbocycles. The number of amides is 2. The second-order valence-electron chi connectivity index (χ2n) is 8.88. The maximum atomic E-state index is 12.6. The van der Waals surface area contributed by atoms with Gasteiger partial charge in [0.05, 0.1) is 0 Å². The number of piperidine rings is 1. The van der Waals surface area contributed by atoms with Gasteiger partial charge in [0.25, 0.3) is 0 Å². The normalized spacial score (nSPS) is 14.7. The molecular formula is C24H31N3O5. The average molecular weight is 442 g/mol. The standard InChI is InChI=1S/C24H31N3O5/c1-24(2,3)32-23(30)26-15-20(28)27-13-10-18(11-14-27)19-9-12-25-21(19)22(29)31-16-17-7-5-4-6-8-17/h4-9,12,18,25H,10-11,13-16H2,1-3H3,(H,26,30). The van der Waals surface area contributed by atoms with Crippen molar-refractivity contribution in [2.75, 3.05) is 19.6 Å². The van der Waals surface area contributed by atoms with E-state index in [1.807, 2.05) is 36.4 Å². The van der Waals surface area contributed by atoms with Crippen LogP contribution in [0.15, 0.2) is 42.6 Å². The molecule has 32 heavy (non-hydrogen) atoms. The lowest BCUT2D eigenvalue weighted by Gasteiger charge is -2.32. The summed E-state index contributed by atoms with van der Waals surface area (Å²) < 4.78 is 10.6. The Morgan fingerprint density at radius 1 is 1.09 bits per heavy atom. The molecule has 3 rings (SSSR count). The minimum Gasteiger partial charge on any atom is -0.456 e. The van der Waals surface area contributed by atoms with E-state index in [0.29, 0.717) is 18.8 Å². The Bertz CT molecular complexity index is 925. The first kappa shape index (κ1) is 23.4. The third-order valence-electron chi connectivity index (χ3n) is 5.27. The van der Waals surface area contributed by atoms with E-state index in [1.165, 1.54) is 0 Å². The molecule has 1 aliphatic heterocycles. The van der Waals surface area contributed by atoms with Crippen molar-refractivity contribution in [3.05, 3.63) is 59.4 Å². The van der Waals surface area contributed by atoms with Crippen LogP contribution in [-0.2, 0) is 20.9 Å². The molecule has 0 bridgehead atoms. The third kappa shape index (κ3) is 6.60. The maximum Gasteiger partial charge on any atom is 0.408 e. The lowest BCUT2D eigenvalue weighted by atomic mass is 9.89. The Labute approximate surface area is 188 Å². The van der Waals surface area contributed by atoms with Gasteiger partial charge in [0.1, 0.15) is 24.4 Å².